The van der Waals surface area contributed by atoms with Crippen LogP contribution in [-0.4, -0.2) is 41.3 Å². The minimum absolute atomic E-state index is 0.0507. The summed E-state index contributed by atoms with van der Waals surface area (Å²) in [5.74, 6) is 0.513. The lowest BCUT2D eigenvalue weighted by atomic mass is 10.1. The lowest BCUT2D eigenvalue weighted by molar-refractivity contribution is -0.116. The molecular weight excluding hydrogens is 362 g/mol. The van der Waals surface area contributed by atoms with Gasteiger partial charge in [-0.15, -0.1) is 11.3 Å². The normalized spacial score (nSPS) is 13.9. The van der Waals surface area contributed by atoms with Crippen LogP contribution in [-0.2, 0) is 17.8 Å². The first-order valence-electron chi connectivity index (χ1n) is 9.35. The lowest BCUT2D eigenvalue weighted by Crippen LogP contribution is -2.29. The topological polar surface area (TPSA) is 71.5 Å². The molecule has 0 saturated heterocycles. The van der Waals surface area contributed by atoms with Gasteiger partial charge in [-0.2, -0.15) is 0 Å². The summed E-state index contributed by atoms with van der Waals surface area (Å²) in [6.07, 6.45) is 1.25. The fraction of sp³-hybridized carbons (Fsp3) is 0.450. The van der Waals surface area contributed by atoms with Crippen LogP contribution in [0.15, 0.2) is 24.3 Å². The Labute approximate surface area is 163 Å². The van der Waals surface area contributed by atoms with Crippen molar-refractivity contribution in [3.8, 4) is 5.75 Å². The van der Waals surface area contributed by atoms with E-state index in [1.54, 1.807) is 24.3 Å². The third-order valence-corrected chi connectivity index (χ3v) is 5.57. The Morgan fingerprint density at radius 1 is 1.22 bits per heavy atom. The number of nitrogens with zero attached hydrogens (tertiary/aromatic N) is 2. The van der Waals surface area contributed by atoms with E-state index in [2.05, 4.69) is 22.1 Å². The second-order valence-electron chi connectivity index (χ2n) is 6.44. The molecule has 0 radical (unpaired) electrons. The number of nitrogens with one attached hydrogen (secondary N) is 1. The zero-order valence-corrected chi connectivity index (χ0v) is 16.6. The molecule has 6 nitrogen and oxygen atoms in total. The highest BCUT2D eigenvalue weighted by molar-refractivity contribution is 7.15. The summed E-state index contributed by atoms with van der Waals surface area (Å²) in [7, 11) is 0. The molecule has 1 amide bonds. The highest BCUT2D eigenvalue weighted by atomic mass is 32.1. The molecule has 144 valence electrons. The quantitative estimate of drug-likeness (QED) is 0.702. The predicted molar refractivity (Wildman–Crippen MR) is 107 cm³/mol. The summed E-state index contributed by atoms with van der Waals surface area (Å²) in [5, 5.41) is 3.48. The molecule has 0 bridgehead atoms. The van der Waals surface area contributed by atoms with E-state index in [0.29, 0.717) is 17.3 Å². The highest BCUT2D eigenvalue weighted by Crippen LogP contribution is 2.28. The SMILES string of the molecule is CCOc1ccc(C(=O)CCC(=O)Nc2nc3c(s2)CN(CC)CC3)cc1. The minimum Gasteiger partial charge on any atom is -0.494 e. The molecule has 7 heteroatoms. The number of carbonyl (C=O) groups excluding carboxylic acids is 2. The maximum Gasteiger partial charge on any atom is 0.226 e. The van der Waals surface area contributed by atoms with Crippen LogP contribution in [0, 0.1) is 0 Å². The Balaban J connectivity index is 1.49. The molecule has 1 aliphatic rings. The van der Waals surface area contributed by atoms with Crippen LogP contribution < -0.4 is 10.1 Å². The van der Waals surface area contributed by atoms with Gasteiger partial charge in [-0.3, -0.25) is 14.5 Å². The third-order valence-electron chi connectivity index (χ3n) is 4.57. The summed E-state index contributed by atoms with van der Waals surface area (Å²) >= 11 is 1.54. The van der Waals surface area contributed by atoms with Crippen molar-refractivity contribution in [2.45, 2.75) is 39.7 Å². The largest absolute Gasteiger partial charge is 0.494 e. The molecule has 0 saturated carbocycles. The Bertz CT molecular complexity index is 801. The van der Waals surface area contributed by atoms with Crippen molar-refractivity contribution in [3.05, 3.63) is 40.4 Å². The number of amides is 1. The van der Waals surface area contributed by atoms with Gasteiger partial charge in [0.1, 0.15) is 5.75 Å². The number of anilines is 1. The minimum atomic E-state index is -0.173. The molecule has 2 heterocycles. The molecule has 2 aromatic rings. The smallest absolute Gasteiger partial charge is 0.226 e. The fourth-order valence-electron chi connectivity index (χ4n) is 3.03. The van der Waals surface area contributed by atoms with Crippen molar-refractivity contribution in [3.63, 3.8) is 0 Å². The molecule has 0 unspecified atom stereocenters. The first kappa shape index (κ1) is 19.5. The van der Waals surface area contributed by atoms with Crippen LogP contribution in [0.5, 0.6) is 5.75 Å². The highest BCUT2D eigenvalue weighted by Gasteiger charge is 2.20. The average Bonchev–Trinajstić information content (AvgIpc) is 3.08. The van der Waals surface area contributed by atoms with Gasteiger partial charge >= 0.3 is 0 Å². The van der Waals surface area contributed by atoms with E-state index in [0.717, 1.165) is 37.5 Å². The van der Waals surface area contributed by atoms with E-state index in [-0.39, 0.29) is 24.5 Å². The number of ether oxygens (including phenoxy) is 1. The summed E-state index contributed by atoms with van der Waals surface area (Å²) in [4.78, 5) is 32.6. The van der Waals surface area contributed by atoms with Crippen LogP contribution >= 0.6 is 11.3 Å². The van der Waals surface area contributed by atoms with Crippen molar-refractivity contribution in [2.24, 2.45) is 0 Å². The number of thiazole rings is 1. The van der Waals surface area contributed by atoms with E-state index in [1.807, 2.05) is 6.92 Å². The van der Waals surface area contributed by atoms with Gasteiger partial charge in [0.05, 0.1) is 12.3 Å². The van der Waals surface area contributed by atoms with Gasteiger partial charge in [0.15, 0.2) is 10.9 Å². The van der Waals surface area contributed by atoms with Gasteiger partial charge in [-0.05, 0) is 37.7 Å². The first-order chi connectivity index (χ1) is 13.1. The number of carbonyl (C=O) groups is 2. The zero-order valence-electron chi connectivity index (χ0n) is 15.8. The number of hydrogen-bond acceptors (Lipinski definition) is 6. The Morgan fingerprint density at radius 3 is 2.70 bits per heavy atom. The van der Waals surface area contributed by atoms with E-state index in [1.165, 1.54) is 16.2 Å². The van der Waals surface area contributed by atoms with Crippen molar-refractivity contribution < 1.29 is 14.3 Å². The van der Waals surface area contributed by atoms with Gasteiger partial charge in [-0.1, -0.05) is 6.92 Å². The van der Waals surface area contributed by atoms with Crippen molar-refractivity contribution >= 4 is 28.2 Å². The Kier molecular flexibility index (Phi) is 6.58. The van der Waals surface area contributed by atoms with E-state index >= 15 is 0 Å². The Hall–Kier alpha value is -2.25. The second kappa shape index (κ2) is 9.10. The monoisotopic (exact) mass is 387 g/mol. The number of fused-ring (bicyclic) bond motifs is 1. The lowest BCUT2D eigenvalue weighted by Gasteiger charge is -2.23. The van der Waals surface area contributed by atoms with Crippen LogP contribution in [0.1, 0.15) is 47.6 Å². The molecule has 1 aromatic heterocycles. The average molecular weight is 388 g/mol. The molecule has 0 spiro atoms. The van der Waals surface area contributed by atoms with Crippen molar-refractivity contribution in [2.75, 3.05) is 25.0 Å². The van der Waals surface area contributed by atoms with Crippen LogP contribution in [0.4, 0.5) is 5.13 Å². The maximum absolute atomic E-state index is 12.3. The number of likely N-dealkylation sites (N-methyl/N-ethyl adjacent to an activating group) is 1. The summed E-state index contributed by atoms with van der Waals surface area (Å²) in [6, 6.07) is 7.02. The van der Waals surface area contributed by atoms with E-state index in [4.69, 9.17) is 4.74 Å². The number of benzene rings is 1. The number of rotatable bonds is 8. The maximum atomic E-state index is 12.3. The molecule has 1 N–H and O–H groups in total. The number of hydrogen-bond donors (Lipinski definition) is 1. The van der Waals surface area contributed by atoms with Crippen LogP contribution in [0.25, 0.3) is 0 Å². The fourth-order valence-corrected chi connectivity index (χ4v) is 4.10. The van der Waals surface area contributed by atoms with Gasteiger partial charge < -0.3 is 10.1 Å². The van der Waals surface area contributed by atoms with Crippen molar-refractivity contribution in [1.29, 1.82) is 0 Å². The summed E-state index contributed by atoms with van der Waals surface area (Å²) in [6.45, 7) is 7.58. The van der Waals surface area contributed by atoms with Crippen LogP contribution in [0.2, 0.25) is 0 Å². The van der Waals surface area contributed by atoms with E-state index in [9.17, 15) is 9.59 Å². The van der Waals surface area contributed by atoms with Gasteiger partial charge in [0.2, 0.25) is 5.91 Å². The van der Waals surface area contributed by atoms with E-state index < -0.39 is 0 Å². The number of Topliss-reactive ketones (excluding diaryl/α,β-unsaturated/α-hetero) is 1. The molecule has 3 rings (SSSR count). The molecular formula is C20H25N3O3S. The molecule has 27 heavy (non-hydrogen) atoms. The summed E-state index contributed by atoms with van der Waals surface area (Å²) in [5.41, 5.74) is 1.68. The number of aromatic nitrogens is 1. The van der Waals surface area contributed by atoms with Crippen molar-refractivity contribution in [1.82, 2.24) is 9.88 Å². The molecule has 1 aromatic carbocycles. The molecule has 0 atom stereocenters. The Morgan fingerprint density at radius 2 is 2.00 bits per heavy atom. The number of ketones is 1. The summed E-state index contributed by atoms with van der Waals surface area (Å²) < 4.78 is 5.37. The molecule has 1 aliphatic heterocycles. The zero-order chi connectivity index (χ0) is 19.2. The molecule has 0 aliphatic carbocycles. The third kappa shape index (κ3) is 5.14. The van der Waals surface area contributed by atoms with Gasteiger partial charge in [-0.25, -0.2) is 4.98 Å². The first-order valence-corrected chi connectivity index (χ1v) is 10.2. The molecule has 0 fully saturated rings. The van der Waals surface area contributed by atoms with Gasteiger partial charge in [0.25, 0.3) is 0 Å². The predicted octanol–water partition coefficient (Wildman–Crippen LogP) is 3.52. The van der Waals surface area contributed by atoms with Gasteiger partial charge in [0, 0.05) is 42.8 Å². The second-order valence-corrected chi connectivity index (χ2v) is 7.52. The standard InChI is InChI=1S/C20H25N3O3S/c1-3-23-12-11-16-18(13-23)27-20(21-16)22-19(25)10-9-17(24)14-5-7-15(8-6-14)26-4-2/h5-8H,3-4,9-13H2,1-2H3,(H,21,22,25). The van der Waals surface area contributed by atoms with Crippen LogP contribution in [0.3, 0.4) is 0 Å².